The van der Waals surface area contributed by atoms with Crippen molar-refractivity contribution in [3.05, 3.63) is 53.1 Å². The molecular formula is C15H15FN2O2. The second kappa shape index (κ2) is 5.54. The zero-order chi connectivity index (χ0) is 13.9. The van der Waals surface area contributed by atoms with E-state index in [1.54, 1.807) is 16.9 Å². The topological polar surface area (TPSA) is 44.1 Å². The Morgan fingerprint density at radius 2 is 2.40 bits per heavy atom. The summed E-state index contributed by atoms with van der Waals surface area (Å²) in [4.78, 5) is 11.1. The zero-order valence-corrected chi connectivity index (χ0v) is 11.0. The van der Waals surface area contributed by atoms with Gasteiger partial charge in [-0.25, -0.2) is 4.39 Å². The van der Waals surface area contributed by atoms with Crippen molar-refractivity contribution in [2.24, 2.45) is 0 Å². The summed E-state index contributed by atoms with van der Waals surface area (Å²) in [7, 11) is 0. The van der Waals surface area contributed by atoms with Crippen LogP contribution in [0.1, 0.15) is 34.0 Å². The van der Waals surface area contributed by atoms with Crippen LogP contribution in [-0.2, 0) is 11.3 Å². The van der Waals surface area contributed by atoms with Crippen LogP contribution in [-0.4, -0.2) is 29.3 Å². The zero-order valence-electron chi connectivity index (χ0n) is 11.0. The fourth-order valence-corrected chi connectivity index (χ4v) is 2.51. The van der Waals surface area contributed by atoms with Gasteiger partial charge < -0.3 is 4.74 Å². The minimum absolute atomic E-state index is 0.184. The lowest BCUT2D eigenvalue weighted by molar-refractivity contribution is 0.112. The Bertz CT molecular complexity index is 618. The normalized spacial score (nSPS) is 18.4. The number of rotatable bonds is 4. The van der Waals surface area contributed by atoms with Gasteiger partial charge in [-0.1, -0.05) is 12.1 Å². The van der Waals surface area contributed by atoms with Crippen LogP contribution in [0.3, 0.4) is 0 Å². The quantitative estimate of drug-likeness (QED) is 0.804. The highest BCUT2D eigenvalue weighted by Crippen LogP contribution is 2.26. The molecule has 2 heterocycles. The molecule has 0 spiro atoms. The minimum Gasteiger partial charge on any atom is -0.381 e. The molecule has 1 aliphatic heterocycles. The smallest absolute Gasteiger partial charge is 0.153 e. The number of aldehydes is 1. The predicted molar refractivity (Wildman–Crippen MR) is 71.3 cm³/mol. The summed E-state index contributed by atoms with van der Waals surface area (Å²) >= 11 is 0. The first kappa shape index (κ1) is 13.0. The maximum Gasteiger partial charge on any atom is 0.153 e. The second-order valence-corrected chi connectivity index (χ2v) is 4.98. The van der Waals surface area contributed by atoms with Crippen molar-refractivity contribution < 1.29 is 13.9 Å². The maximum absolute atomic E-state index is 13.2. The summed E-state index contributed by atoms with van der Waals surface area (Å²) in [6.45, 7) is 1.77. The van der Waals surface area contributed by atoms with E-state index in [1.165, 1.54) is 12.1 Å². The molecule has 1 fully saturated rings. The lowest BCUT2D eigenvalue weighted by Crippen LogP contribution is -2.04. The molecule has 0 N–H and O–H groups in total. The fraction of sp³-hybridized carbons (Fsp3) is 0.333. The van der Waals surface area contributed by atoms with E-state index in [2.05, 4.69) is 5.10 Å². The number of hydrogen-bond acceptors (Lipinski definition) is 3. The van der Waals surface area contributed by atoms with Crippen LogP contribution in [0.4, 0.5) is 4.39 Å². The van der Waals surface area contributed by atoms with Crippen molar-refractivity contribution in [3.63, 3.8) is 0 Å². The molecule has 0 bridgehead atoms. The summed E-state index contributed by atoms with van der Waals surface area (Å²) in [5.41, 5.74) is 2.20. The Balaban J connectivity index is 1.85. The monoisotopic (exact) mass is 274 g/mol. The lowest BCUT2D eigenvalue weighted by atomic mass is 10.0. The van der Waals surface area contributed by atoms with Crippen LogP contribution in [0.2, 0.25) is 0 Å². The van der Waals surface area contributed by atoms with Crippen LogP contribution in [0, 0.1) is 5.82 Å². The van der Waals surface area contributed by atoms with Gasteiger partial charge in [0.25, 0.3) is 0 Å². The average molecular weight is 274 g/mol. The molecule has 1 atom stereocenters. The highest BCUT2D eigenvalue weighted by molar-refractivity contribution is 5.76. The van der Waals surface area contributed by atoms with Gasteiger partial charge in [0.15, 0.2) is 6.29 Å². The molecular weight excluding hydrogens is 259 g/mol. The molecule has 0 aliphatic carbocycles. The van der Waals surface area contributed by atoms with E-state index in [9.17, 15) is 9.18 Å². The van der Waals surface area contributed by atoms with E-state index in [0.29, 0.717) is 25.3 Å². The highest BCUT2D eigenvalue weighted by Gasteiger charge is 2.23. The molecule has 0 radical (unpaired) electrons. The van der Waals surface area contributed by atoms with Crippen molar-refractivity contribution in [3.8, 4) is 0 Å². The van der Waals surface area contributed by atoms with Gasteiger partial charge in [-0.2, -0.15) is 5.10 Å². The van der Waals surface area contributed by atoms with Crippen LogP contribution in [0.25, 0.3) is 0 Å². The number of aromatic nitrogens is 2. The van der Waals surface area contributed by atoms with Gasteiger partial charge in [0.2, 0.25) is 0 Å². The number of carbonyl (C=O) groups is 1. The van der Waals surface area contributed by atoms with Crippen molar-refractivity contribution in [1.29, 1.82) is 0 Å². The fourth-order valence-electron chi connectivity index (χ4n) is 2.51. The number of ether oxygens (including phenoxy) is 1. The SMILES string of the molecule is O=Cc1cn(Cc2cccc(F)c2)nc1C1CCOC1. The van der Waals surface area contributed by atoms with Gasteiger partial charge in [-0.15, -0.1) is 0 Å². The molecule has 5 heteroatoms. The summed E-state index contributed by atoms with van der Waals surface area (Å²) < 4.78 is 20.2. The molecule has 1 aromatic carbocycles. The minimum atomic E-state index is -0.269. The number of halogens is 1. The largest absolute Gasteiger partial charge is 0.381 e. The Morgan fingerprint density at radius 3 is 3.10 bits per heavy atom. The second-order valence-electron chi connectivity index (χ2n) is 4.98. The molecule has 104 valence electrons. The van der Waals surface area contributed by atoms with Crippen LogP contribution < -0.4 is 0 Å². The molecule has 3 rings (SSSR count). The van der Waals surface area contributed by atoms with Crippen LogP contribution in [0.15, 0.2) is 30.5 Å². The Labute approximate surface area is 116 Å². The summed E-state index contributed by atoms with van der Waals surface area (Å²) in [5.74, 6) is -0.0846. The molecule has 4 nitrogen and oxygen atoms in total. The van der Waals surface area contributed by atoms with E-state index >= 15 is 0 Å². The Morgan fingerprint density at radius 1 is 1.50 bits per heavy atom. The number of carbonyl (C=O) groups excluding carboxylic acids is 1. The average Bonchev–Trinajstić information content (AvgIpc) is 3.06. The van der Waals surface area contributed by atoms with Crippen molar-refractivity contribution >= 4 is 6.29 Å². The Hall–Kier alpha value is -2.01. The van der Waals surface area contributed by atoms with E-state index in [4.69, 9.17) is 4.74 Å². The molecule has 0 saturated carbocycles. The van der Waals surface area contributed by atoms with Gasteiger partial charge in [0.1, 0.15) is 5.82 Å². The lowest BCUT2D eigenvalue weighted by Gasteiger charge is -2.04. The van der Waals surface area contributed by atoms with Crippen molar-refractivity contribution in [2.75, 3.05) is 13.2 Å². The third-order valence-corrected chi connectivity index (χ3v) is 3.50. The third-order valence-electron chi connectivity index (χ3n) is 3.50. The third kappa shape index (κ3) is 2.63. The Kier molecular flexibility index (Phi) is 3.60. The summed E-state index contributed by atoms with van der Waals surface area (Å²) in [6, 6.07) is 6.38. The van der Waals surface area contributed by atoms with Crippen molar-refractivity contribution in [1.82, 2.24) is 9.78 Å². The van der Waals surface area contributed by atoms with Gasteiger partial charge in [-0.05, 0) is 24.1 Å². The van der Waals surface area contributed by atoms with E-state index in [-0.39, 0.29) is 11.7 Å². The number of hydrogen-bond donors (Lipinski definition) is 0. The van der Waals surface area contributed by atoms with Gasteiger partial charge >= 0.3 is 0 Å². The molecule has 1 saturated heterocycles. The molecule has 2 aromatic rings. The highest BCUT2D eigenvalue weighted by atomic mass is 19.1. The summed E-state index contributed by atoms with van der Waals surface area (Å²) in [5, 5.41) is 4.47. The summed E-state index contributed by atoms with van der Waals surface area (Å²) in [6.07, 6.45) is 3.42. The van der Waals surface area contributed by atoms with Crippen LogP contribution >= 0.6 is 0 Å². The molecule has 1 aromatic heterocycles. The first-order valence-corrected chi connectivity index (χ1v) is 6.61. The van der Waals surface area contributed by atoms with Gasteiger partial charge in [-0.3, -0.25) is 9.48 Å². The maximum atomic E-state index is 13.2. The number of nitrogens with zero attached hydrogens (tertiary/aromatic N) is 2. The van der Waals surface area contributed by atoms with Crippen molar-refractivity contribution in [2.45, 2.75) is 18.9 Å². The standard InChI is InChI=1S/C15H15FN2O2/c16-14-3-1-2-11(6-14)7-18-8-13(9-19)15(17-18)12-4-5-20-10-12/h1-3,6,8-9,12H,4-5,7,10H2. The first-order valence-electron chi connectivity index (χ1n) is 6.61. The molecule has 1 unspecified atom stereocenters. The van der Waals surface area contributed by atoms with E-state index < -0.39 is 0 Å². The number of benzene rings is 1. The first-order chi connectivity index (χ1) is 9.76. The van der Waals surface area contributed by atoms with Gasteiger partial charge in [0.05, 0.1) is 24.4 Å². The predicted octanol–water partition coefficient (Wildman–Crippen LogP) is 2.39. The molecule has 0 amide bonds. The van der Waals surface area contributed by atoms with Crippen LogP contribution in [0.5, 0.6) is 0 Å². The molecule has 1 aliphatic rings. The van der Waals surface area contributed by atoms with Gasteiger partial charge in [0, 0.05) is 18.7 Å². The van der Waals surface area contributed by atoms with E-state index in [1.807, 2.05) is 6.07 Å². The molecule has 20 heavy (non-hydrogen) atoms. The van der Waals surface area contributed by atoms with E-state index in [0.717, 1.165) is 24.0 Å².